The Kier molecular flexibility index (Phi) is 5.40. The molecule has 0 aromatic rings. The van der Waals surface area contributed by atoms with Crippen LogP contribution < -0.4 is 5.32 Å². The van der Waals surface area contributed by atoms with Crippen molar-refractivity contribution in [1.29, 1.82) is 0 Å². The molecule has 2 atom stereocenters. The lowest BCUT2D eigenvalue weighted by Gasteiger charge is -2.24. The molecular weight excluding hydrogens is 256 g/mol. The van der Waals surface area contributed by atoms with Crippen molar-refractivity contribution in [1.82, 2.24) is 10.2 Å². The number of nitrogens with one attached hydrogen (secondary N) is 1. The molecule has 114 valence electrons. The Bertz CT molecular complexity index is 353. The molecule has 2 unspecified atom stereocenters. The van der Waals surface area contributed by atoms with E-state index in [9.17, 15) is 9.59 Å². The highest BCUT2D eigenvalue weighted by Crippen LogP contribution is 2.32. The number of hydrogen-bond donors (Lipinski definition) is 2. The quantitative estimate of drug-likeness (QED) is 0.774. The fraction of sp³-hybridized carbons (Fsp3) is 0.867. The standard InChI is InChI=1S/C15H26N2O3/c1-17(11-5-2-3-6-11)10-9-16-14(18)12-7-4-8-13(12)15(19)20/h11-13H,2-10H2,1H3,(H,16,18)(H,19,20). The van der Waals surface area contributed by atoms with Crippen LogP contribution in [0.3, 0.4) is 0 Å². The first-order valence-corrected chi connectivity index (χ1v) is 7.80. The number of hydrogen-bond acceptors (Lipinski definition) is 3. The highest BCUT2D eigenvalue weighted by molar-refractivity contribution is 5.85. The molecular formula is C15H26N2O3. The minimum absolute atomic E-state index is 0.0743. The summed E-state index contributed by atoms with van der Waals surface area (Å²) >= 11 is 0. The summed E-state index contributed by atoms with van der Waals surface area (Å²) in [5.74, 6) is -1.72. The molecule has 0 saturated heterocycles. The second-order valence-electron chi connectivity index (χ2n) is 6.19. The van der Waals surface area contributed by atoms with Crippen LogP contribution in [0.25, 0.3) is 0 Å². The molecule has 5 heteroatoms. The summed E-state index contributed by atoms with van der Waals surface area (Å²) < 4.78 is 0. The van der Waals surface area contributed by atoms with Crippen molar-refractivity contribution in [3.8, 4) is 0 Å². The van der Waals surface area contributed by atoms with Gasteiger partial charge in [0.15, 0.2) is 0 Å². The Hall–Kier alpha value is -1.10. The third kappa shape index (κ3) is 3.72. The smallest absolute Gasteiger partial charge is 0.307 e. The Morgan fingerprint density at radius 2 is 1.75 bits per heavy atom. The van der Waals surface area contributed by atoms with Gasteiger partial charge in [0, 0.05) is 19.1 Å². The number of aliphatic carboxylic acids is 1. The van der Waals surface area contributed by atoms with Gasteiger partial charge in [0.25, 0.3) is 0 Å². The van der Waals surface area contributed by atoms with Crippen molar-refractivity contribution in [3.05, 3.63) is 0 Å². The molecule has 0 spiro atoms. The SMILES string of the molecule is CN(CCNC(=O)C1CCCC1C(=O)O)C1CCCC1. The highest BCUT2D eigenvalue weighted by Gasteiger charge is 2.37. The summed E-state index contributed by atoms with van der Waals surface area (Å²) in [6.45, 7) is 1.47. The van der Waals surface area contributed by atoms with Gasteiger partial charge in [-0.1, -0.05) is 19.3 Å². The predicted molar refractivity (Wildman–Crippen MR) is 76.4 cm³/mol. The van der Waals surface area contributed by atoms with Gasteiger partial charge in [-0.05, 0) is 32.7 Å². The van der Waals surface area contributed by atoms with Crippen molar-refractivity contribution in [2.45, 2.75) is 51.0 Å². The van der Waals surface area contributed by atoms with E-state index in [1.807, 2.05) is 0 Å². The van der Waals surface area contributed by atoms with Crippen LogP contribution in [0.2, 0.25) is 0 Å². The third-order valence-corrected chi connectivity index (χ3v) is 4.88. The van der Waals surface area contributed by atoms with E-state index in [0.717, 1.165) is 13.0 Å². The Balaban J connectivity index is 1.70. The number of carboxylic acid groups (broad SMARTS) is 1. The lowest BCUT2D eigenvalue weighted by Crippen LogP contribution is -2.41. The highest BCUT2D eigenvalue weighted by atomic mass is 16.4. The van der Waals surface area contributed by atoms with Crippen molar-refractivity contribution in [2.24, 2.45) is 11.8 Å². The summed E-state index contributed by atoms with van der Waals surface area (Å²) in [6.07, 6.45) is 7.32. The van der Waals surface area contributed by atoms with Gasteiger partial charge >= 0.3 is 5.97 Å². The summed E-state index contributed by atoms with van der Waals surface area (Å²) in [7, 11) is 2.11. The zero-order chi connectivity index (χ0) is 14.5. The Morgan fingerprint density at radius 3 is 2.40 bits per heavy atom. The third-order valence-electron chi connectivity index (χ3n) is 4.88. The molecule has 2 rings (SSSR count). The zero-order valence-corrected chi connectivity index (χ0v) is 12.3. The van der Waals surface area contributed by atoms with E-state index in [2.05, 4.69) is 17.3 Å². The minimum atomic E-state index is -0.828. The van der Waals surface area contributed by atoms with Crippen LogP contribution in [-0.4, -0.2) is 48.1 Å². The second kappa shape index (κ2) is 7.07. The molecule has 0 aromatic heterocycles. The molecule has 0 heterocycles. The minimum Gasteiger partial charge on any atom is -0.481 e. The maximum atomic E-state index is 12.1. The van der Waals surface area contributed by atoms with Gasteiger partial charge in [-0.25, -0.2) is 0 Å². The van der Waals surface area contributed by atoms with Crippen LogP contribution in [-0.2, 0) is 9.59 Å². The van der Waals surface area contributed by atoms with Crippen molar-refractivity contribution >= 4 is 11.9 Å². The monoisotopic (exact) mass is 282 g/mol. The summed E-state index contributed by atoms with van der Waals surface area (Å²) in [5.41, 5.74) is 0. The molecule has 0 aliphatic heterocycles. The average Bonchev–Trinajstić information content (AvgIpc) is 3.09. The molecule has 0 aromatic carbocycles. The normalized spacial score (nSPS) is 27.1. The fourth-order valence-electron chi connectivity index (χ4n) is 3.58. The molecule has 1 amide bonds. The molecule has 0 radical (unpaired) electrons. The number of amides is 1. The first-order valence-electron chi connectivity index (χ1n) is 7.80. The lowest BCUT2D eigenvalue weighted by molar-refractivity contribution is -0.146. The lowest BCUT2D eigenvalue weighted by atomic mass is 9.95. The van der Waals surface area contributed by atoms with Gasteiger partial charge in [0.05, 0.1) is 11.8 Å². The van der Waals surface area contributed by atoms with Crippen LogP contribution in [0.15, 0.2) is 0 Å². The predicted octanol–water partition coefficient (Wildman–Crippen LogP) is 1.48. The number of likely N-dealkylation sites (N-methyl/N-ethyl adjacent to an activating group) is 1. The Labute approximate surface area is 120 Å². The molecule has 2 fully saturated rings. The van der Waals surface area contributed by atoms with Crippen molar-refractivity contribution in [3.63, 3.8) is 0 Å². The number of nitrogens with zero attached hydrogens (tertiary/aromatic N) is 1. The van der Waals surface area contributed by atoms with E-state index >= 15 is 0 Å². The molecule has 20 heavy (non-hydrogen) atoms. The van der Waals surface area contributed by atoms with E-state index < -0.39 is 11.9 Å². The molecule has 2 N–H and O–H groups in total. The van der Waals surface area contributed by atoms with E-state index in [0.29, 0.717) is 25.4 Å². The first-order chi connectivity index (χ1) is 9.59. The number of carbonyl (C=O) groups is 2. The largest absolute Gasteiger partial charge is 0.481 e. The van der Waals surface area contributed by atoms with Gasteiger partial charge in [0.1, 0.15) is 0 Å². The van der Waals surface area contributed by atoms with Gasteiger partial charge in [-0.2, -0.15) is 0 Å². The van der Waals surface area contributed by atoms with Crippen LogP contribution in [0.5, 0.6) is 0 Å². The molecule has 2 saturated carbocycles. The van der Waals surface area contributed by atoms with E-state index in [1.54, 1.807) is 0 Å². The second-order valence-corrected chi connectivity index (χ2v) is 6.19. The zero-order valence-electron chi connectivity index (χ0n) is 12.3. The van der Waals surface area contributed by atoms with E-state index in [1.165, 1.54) is 25.7 Å². The summed E-state index contributed by atoms with van der Waals surface area (Å²) in [4.78, 5) is 25.5. The summed E-state index contributed by atoms with van der Waals surface area (Å²) in [6, 6.07) is 0.658. The van der Waals surface area contributed by atoms with Crippen molar-refractivity contribution < 1.29 is 14.7 Å². The average molecular weight is 282 g/mol. The number of rotatable bonds is 6. The molecule has 0 bridgehead atoms. The van der Waals surface area contributed by atoms with Crippen molar-refractivity contribution in [2.75, 3.05) is 20.1 Å². The van der Waals surface area contributed by atoms with Crippen LogP contribution in [0, 0.1) is 11.8 Å². The van der Waals surface area contributed by atoms with E-state index in [4.69, 9.17) is 5.11 Å². The topological polar surface area (TPSA) is 69.6 Å². The molecule has 2 aliphatic carbocycles. The molecule has 2 aliphatic rings. The maximum absolute atomic E-state index is 12.1. The van der Waals surface area contributed by atoms with Gasteiger partial charge in [0.2, 0.25) is 5.91 Å². The number of carboxylic acids is 1. The Morgan fingerprint density at radius 1 is 1.10 bits per heavy atom. The van der Waals surface area contributed by atoms with Crippen LogP contribution in [0.1, 0.15) is 44.9 Å². The van der Waals surface area contributed by atoms with E-state index in [-0.39, 0.29) is 11.8 Å². The van der Waals surface area contributed by atoms with Crippen LogP contribution >= 0.6 is 0 Å². The first kappa shape index (κ1) is 15.3. The van der Waals surface area contributed by atoms with Crippen LogP contribution in [0.4, 0.5) is 0 Å². The number of carbonyl (C=O) groups excluding carboxylic acids is 1. The fourth-order valence-corrected chi connectivity index (χ4v) is 3.58. The molecule has 5 nitrogen and oxygen atoms in total. The van der Waals surface area contributed by atoms with Gasteiger partial charge in [-0.3, -0.25) is 9.59 Å². The van der Waals surface area contributed by atoms with Gasteiger partial charge < -0.3 is 15.3 Å². The van der Waals surface area contributed by atoms with Gasteiger partial charge in [-0.15, -0.1) is 0 Å². The maximum Gasteiger partial charge on any atom is 0.307 e. The summed E-state index contributed by atoms with van der Waals surface area (Å²) in [5, 5.41) is 12.0.